The van der Waals surface area contributed by atoms with E-state index in [4.69, 9.17) is 4.74 Å². The van der Waals surface area contributed by atoms with Gasteiger partial charge in [-0.3, -0.25) is 0 Å². The monoisotopic (exact) mass is 291 g/mol. The van der Waals surface area contributed by atoms with Gasteiger partial charge in [-0.2, -0.15) is 0 Å². The Morgan fingerprint density at radius 2 is 1.67 bits per heavy atom. The molecule has 0 radical (unpaired) electrons. The minimum Gasteiger partial charge on any atom is -0.451 e. The molecule has 21 heavy (non-hydrogen) atoms. The second-order valence-electron chi connectivity index (χ2n) is 5.02. The fraction of sp³-hybridized carbons (Fsp3) is 0.294. The number of nitrogens with one attached hydrogen (secondary N) is 1. The molecule has 0 bridgehead atoms. The lowest BCUT2D eigenvalue weighted by Crippen LogP contribution is -2.12. The van der Waals surface area contributed by atoms with Crippen LogP contribution in [0.1, 0.15) is 23.6 Å². The lowest BCUT2D eigenvalue weighted by atomic mass is 10.1. The van der Waals surface area contributed by atoms with Crippen molar-refractivity contribution in [3.63, 3.8) is 0 Å². The van der Waals surface area contributed by atoms with Gasteiger partial charge in [-0.15, -0.1) is 0 Å². The highest BCUT2D eigenvalue weighted by molar-refractivity contribution is 5.39. The standard InChI is InChI=1S/C17H19F2NO/c1-4-20-10-13-8-15(18)17(16(19)9-13)21-14-6-5-11(2)12(3)7-14/h5-9,20H,4,10H2,1-3H3. The molecule has 0 unspecified atom stereocenters. The molecule has 112 valence electrons. The zero-order valence-electron chi connectivity index (χ0n) is 12.5. The minimum atomic E-state index is -0.693. The van der Waals surface area contributed by atoms with Crippen molar-refractivity contribution in [3.05, 3.63) is 58.7 Å². The molecular weight excluding hydrogens is 272 g/mol. The van der Waals surface area contributed by atoms with Crippen LogP contribution in [0.4, 0.5) is 8.78 Å². The second kappa shape index (κ2) is 6.68. The summed E-state index contributed by atoms with van der Waals surface area (Å²) in [4.78, 5) is 0. The van der Waals surface area contributed by atoms with E-state index in [0.29, 0.717) is 17.9 Å². The highest BCUT2D eigenvalue weighted by Crippen LogP contribution is 2.29. The summed E-state index contributed by atoms with van der Waals surface area (Å²) >= 11 is 0. The zero-order chi connectivity index (χ0) is 15.4. The fourth-order valence-electron chi connectivity index (χ4n) is 1.98. The van der Waals surface area contributed by atoms with Crippen LogP contribution in [-0.2, 0) is 6.54 Å². The van der Waals surface area contributed by atoms with Crippen molar-refractivity contribution in [1.82, 2.24) is 5.32 Å². The Morgan fingerprint density at radius 1 is 1.00 bits per heavy atom. The molecule has 0 spiro atoms. The first-order chi connectivity index (χ1) is 10.0. The first-order valence-electron chi connectivity index (χ1n) is 6.95. The number of hydrogen-bond acceptors (Lipinski definition) is 2. The van der Waals surface area contributed by atoms with Gasteiger partial charge in [0.2, 0.25) is 0 Å². The Balaban J connectivity index is 2.25. The lowest BCUT2D eigenvalue weighted by Gasteiger charge is -2.11. The predicted octanol–water partition coefficient (Wildman–Crippen LogP) is 4.48. The molecule has 0 amide bonds. The average molecular weight is 291 g/mol. The van der Waals surface area contributed by atoms with Gasteiger partial charge in [0.15, 0.2) is 17.4 Å². The summed E-state index contributed by atoms with van der Waals surface area (Å²) in [6, 6.07) is 7.92. The van der Waals surface area contributed by atoms with E-state index in [-0.39, 0.29) is 5.75 Å². The maximum atomic E-state index is 14.0. The maximum Gasteiger partial charge on any atom is 0.198 e. The van der Waals surface area contributed by atoms with Crippen molar-refractivity contribution in [1.29, 1.82) is 0 Å². The molecule has 2 rings (SSSR count). The van der Waals surface area contributed by atoms with Crippen LogP contribution >= 0.6 is 0 Å². The molecule has 0 aliphatic carbocycles. The van der Waals surface area contributed by atoms with Crippen LogP contribution < -0.4 is 10.1 Å². The maximum absolute atomic E-state index is 14.0. The first-order valence-corrected chi connectivity index (χ1v) is 6.95. The highest BCUT2D eigenvalue weighted by Gasteiger charge is 2.14. The number of aryl methyl sites for hydroxylation is 2. The van der Waals surface area contributed by atoms with Gasteiger partial charge < -0.3 is 10.1 Å². The molecule has 0 aliphatic rings. The van der Waals surface area contributed by atoms with Crippen molar-refractivity contribution in [2.24, 2.45) is 0 Å². The summed E-state index contributed by atoms with van der Waals surface area (Å²) in [5, 5.41) is 3.03. The van der Waals surface area contributed by atoms with Gasteiger partial charge in [-0.25, -0.2) is 8.78 Å². The van der Waals surface area contributed by atoms with Gasteiger partial charge in [0.1, 0.15) is 5.75 Å². The molecule has 0 atom stereocenters. The Hall–Kier alpha value is -1.94. The minimum absolute atomic E-state index is 0.362. The quantitative estimate of drug-likeness (QED) is 0.876. The van der Waals surface area contributed by atoms with Crippen LogP contribution in [0.15, 0.2) is 30.3 Å². The first kappa shape index (κ1) is 15.4. The molecule has 0 fully saturated rings. The number of halogens is 2. The molecule has 0 heterocycles. The number of hydrogen-bond donors (Lipinski definition) is 1. The summed E-state index contributed by atoms with van der Waals surface area (Å²) in [7, 11) is 0. The van der Waals surface area contributed by atoms with E-state index in [9.17, 15) is 8.78 Å². The molecule has 2 nitrogen and oxygen atoms in total. The van der Waals surface area contributed by atoms with E-state index in [1.165, 1.54) is 12.1 Å². The molecule has 0 aliphatic heterocycles. The second-order valence-corrected chi connectivity index (χ2v) is 5.02. The molecule has 0 saturated carbocycles. The molecule has 4 heteroatoms. The fourth-order valence-corrected chi connectivity index (χ4v) is 1.98. The third-order valence-electron chi connectivity index (χ3n) is 3.34. The van der Waals surface area contributed by atoms with Crippen LogP contribution in [0.25, 0.3) is 0 Å². The van der Waals surface area contributed by atoms with Crippen LogP contribution in [0.2, 0.25) is 0 Å². The van der Waals surface area contributed by atoms with Crippen molar-refractivity contribution in [2.45, 2.75) is 27.3 Å². The normalized spacial score (nSPS) is 10.7. The SMILES string of the molecule is CCNCc1cc(F)c(Oc2ccc(C)c(C)c2)c(F)c1. The van der Waals surface area contributed by atoms with Crippen LogP contribution in [0.3, 0.4) is 0 Å². The predicted molar refractivity (Wildman–Crippen MR) is 79.7 cm³/mol. The molecule has 2 aromatic carbocycles. The van der Waals surface area contributed by atoms with Gasteiger partial charge in [0.25, 0.3) is 0 Å². The van der Waals surface area contributed by atoms with Crippen molar-refractivity contribution in [3.8, 4) is 11.5 Å². The van der Waals surface area contributed by atoms with E-state index in [1.807, 2.05) is 26.8 Å². The number of benzene rings is 2. The van der Waals surface area contributed by atoms with E-state index in [1.54, 1.807) is 12.1 Å². The third kappa shape index (κ3) is 3.79. The Morgan fingerprint density at radius 3 is 2.24 bits per heavy atom. The van der Waals surface area contributed by atoms with Crippen molar-refractivity contribution < 1.29 is 13.5 Å². The van der Waals surface area contributed by atoms with Crippen LogP contribution in [0.5, 0.6) is 11.5 Å². The van der Waals surface area contributed by atoms with E-state index >= 15 is 0 Å². The highest BCUT2D eigenvalue weighted by atomic mass is 19.1. The largest absolute Gasteiger partial charge is 0.451 e. The molecular formula is C17H19F2NO. The van der Waals surface area contributed by atoms with Gasteiger partial charge in [-0.05, 0) is 61.3 Å². The summed E-state index contributed by atoms with van der Waals surface area (Å²) < 4.78 is 33.4. The smallest absolute Gasteiger partial charge is 0.198 e. The van der Waals surface area contributed by atoms with Crippen molar-refractivity contribution in [2.75, 3.05) is 6.54 Å². The van der Waals surface area contributed by atoms with E-state index in [2.05, 4.69) is 5.32 Å². The van der Waals surface area contributed by atoms with Gasteiger partial charge in [0.05, 0.1) is 0 Å². The van der Waals surface area contributed by atoms with Crippen molar-refractivity contribution >= 4 is 0 Å². The lowest BCUT2D eigenvalue weighted by molar-refractivity contribution is 0.406. The Labute approximate surface area is 123 Å². The summed E-state index contributed by atoms with van der Waals surface area (Å²) in [5.74, 6) is -1.32. The Kier molecular flexibility index (Phi) is 4.91. The zero-order valence-corrected chi connectivity index (χ0v) is 12.5. The molecule has 0 aromatic heterocycles. The topological polar surface area (TPSA) is 21.3 Å². The van der Waals surface area contributed by atoms with Gasteiger partial charge in [-0.1, -0.05) is 13.0 Å². The number of rotatable bonds is 5. The summed E-state index contributed by atoms with van der Waals surface area (Å²) in [5.41, 5.74) is 2.67. The van der Waals surface area contributed by atoms with E-state index < -0.39 is 11.6 Å². The molecule has 0 saturated heterocycles. The summed E-state index contributed by atoms with van der Waals surface area (Å²) in [6.07, 6.45) is 0. The molecule has 1 N–H and O–H groups in total. The van der Waals surface area contributed by atoms with Gasteiger partial charge >= 0.3 is 0 Å². The summed E-state index contributed by atoms with van der Waals surface area (Å²) in [6.45, 7) is 6.99. The van der Waals surface area contributed by atoms with Gasteiger partial charge in [0, 0.05) is 6.54 Å². The van der Waals surface area contributed by atoms with Crippen LogP contribution in [-0.4, -0.2) is 6.54 Å². The molecule has 2 aromatic rings. The number of ether oxygens (including phenoxy) is 1. The Bertz CT molecular complexity index is 618. The van der Waals surface area contributed by atoms with E-state index in [0.717, 1.165) is 17.7 Å². The van der Waals surface area contributed by atoms with Crippen LogP contribution in [0, 0.1) is 25.5 Å². The average Bonchev–Trinajstić information content (AvgIpc) is 2.44. The third-order valence-corrected chi connectivity index (χ3v) is 3.34.